The number of hydrogen-bond donors (Lipinski definition) is 2. The van der Waals surface area contributed by atoms with Crippen molar-refractivity contribution < 1.29 is 4.79 Å². The Morgan fingerprint density at radius 2 is 2.33 bits per heavy atom. The zero-order valence-electron chi connectivity index (χ0n) is 3.18. The van der Waals surface area contributed by atoms with Crippen molar-refractivity contribution in [2.24, 2.45) is 10.9 Å². The Kier molecular flexibility index (Phi) is 2.88. The zero-order chi connectivity index (χ0) is 4.99. The van der Waals surface area contributed by atoms with Crippen LogP contribution in [0.1, 0.15) is 0 Å². The van der Waals surface area contributed by atoms with Gasteiger partial charge in [0.1, 0.15) is 0 Å². The molecule has 0 aliphatic carbocycles. The first-order chi connectivity index (χ1) is 2.77. The van der Waals surface area contributed by atoms with E-state index < -0.39 is 0 Å². The minimum Gasteiger partial charge on any atom is -0.369 e. The van der Waals surface area contributed by atoms with Gasteiger partial charge in [0.25, 0.3) is 0 Å². The minimum absolute atomic E-state index is 0.208. The van der Waals surface area contributed by atoms with Crippen LogP contribution in [0, 0.1) is 0 Å². The van der Waals surface area contributed by atoms with Crippen LogP contribution in [-0.2, 0) is 4.79 Å². The summed E-state index contributed by atoms with van der Waals surface area (Å²) in [7, 11) is 0. The van der Waals surface area contributed by atoms with Crippen molar-refractivity contribution in [3.8, 4) is 0 Å². The van der Waals surface area contributed by atoms with E-state index in [1.54, 1.807) is 0 Å². The van der Waals surface area contributed by atoms with Crippen molar-refractivity contribution >= 4 is 17.9 Å². The summed E-state index contributed by atoms with van der Waals surface area (Å²) in [6.45, 7) is 0. The van der Waals surface area contributed by atoms with E-state index in [0.717, 1.165) is 11.9 Å². The maximum Gasteiger partial charge on any atom is 0.228 e. The van der Waals surface area contributed by atoms with E-state index in [1.165, 1.54) is 0 Å². The zero-order valence-corrected chi connectivity index (χ0v) is 3.99. The molecule has 0 spiro atoms. The Balaban J connectivity index is 2.83. The summed E-state index contributed by atoms with van der Waals surface area (Å²) >= 11 is 0.935. The van der Waals surface area contributed by atoms with Gasteiger partial charge in [-0.2, -0.15) is 0 Å². The second-order valence-electron chi connectivity index (χ2n) is 0.777. The molecule has 0 heterocycles. The van der Waals surface area contributed by atoms with Gasteiger partial charge in [-0.25, -0.2) is 0 Å². The van der Waals surface area contributed by atoms with Crippen molar-refractivity contribution in [3.05, 3.63) is 0 Å². The molecule has 0 saturated heterocycles. The summed E-state index contributed by atoms with van der Waals surface area (Å²) in [6, 6.07) is 0. The SMILES string of the molecule is NSCC(N)=O. The van der Waals surface area contributed by atoms with Gasteiger partial charge in [0.2, 0.25) is 5.91 Å². The minimum atomic E-state index is -0.373. The van der Waals surface area contributed by atoms with E-state index in [9.17, 15) is 4.79 Å². The molecule has 0 atom stereocenters. The molecular weight excluding hydrogens is 100 g/mol. The molecule has 0 aromatic heterocycles. The molecule has 0 aromatic carbocycles. The lowest BCUT2D eigenvalue weighted by atomic mass is 10.8. The number of carbonyl (C=O) groups is 1. The standard InChI is InChI=1S/C2H6N2OS/c3-2(5)1-6-4/h1,4H2,(H2,3,5). The van der Waals surface area contributed by atoms with Gasteiger partial charge in [-0.3, -0.25) is 9.93 Å². The van der Waals surface area contributed by atoms with Gasteiger partial charge in [-0.1, -0.05) is 11.9 Å². The molecule has 0 fully saturated rings. The molecule has 6 heavy (non-hydrogen) atoms. The highest BCUT2D eigenvalue weighted by Crippen LogP contribution is 1.78. The number of hydrogen-bond acceptors (Lipinski definition) is 3. The highest BCUT2D eigenvalue weighted by Gasteiger charge is 1.85. The first kappa shape index (κ1) is 5.78. The third-order valence-electron chi connectivity index (χ3n) is 0.226. The van der Waals surface area contributed by atoms with E-state index in [2.05, 4.69) is 5.73 Å². The molecule has 0 aromatic rings. The van der Waals surface area contributed by atoms with Crippen LogP contribution in [0.4, 0.5) is 0 Å². The van der Waals surface area contributed by atoms with E-state index in [-0.39, 0.29) is 11.7 Å². The highest BCUT2D eigenvalue weighted by molar-refractivity contribution is 7.97. The van der Waals surface area contributed by atoms with Crippen molar-refractivity contribution in [2.75, 3.05) is 5.75 Å². The monoisotopic (exact) mass is 106 g/mol. The van der Waals surface area contributed by atoms with Crippen LogP contribution in [0.25, 0.3) is 0 Å². The average molecular weight is 106 g/mol. The summed E-state index contributed by atoms with van der Waals surface area (Å²) in [5.41, 5.74) is 4.66. The van der Waals surface area contributed by atoms with Crippen molar-refractivity contribution in [2.45, 2.75) is 0 Å². The topological polar surface area (TPSA) is 69.1 Å². The summed E-state index contributed by atoms with van der Waals surface area (Å²) in [5, 5.41) is 4.85. The van der Waals surface area contributed by atoms with E-state index in [1.807, 2.05) is 0 Å². The van der Waals surface area contributed by atoms with Gasteiger partial charge in [0.15, 0.2) is 0 Å². The lowest BCUT2D eigenvalue weighted by Crippen LogP contribution is -2.14. The van der Waals surface area contributed by atoms with Crippen LogP contribution < -0.4 is 10.9 Å². The molecule has 0 unspecified atom stereocenters. The number of amides is 1. The Bertz CT molecular complexity index is 55.5. The van der Waals surface area contributed by atoms with Crippen molar-refractivity contribution in [1.29, 1.82) is 0 Å². The maximum absolute atomic E-state index is 9.72. The molecule has 0 radical (unpaired) electrons. The quantitative estimate of drug-likeness (QED) is 0.447. The van der Waals surface area contributed by atoms with Crippen molar-refractivity contribution in [3.63, 3.8) is 0 Å². The van der Waals surface area contributed by atoms with Crippen LogP contribution in [-0.4, -0.2) is 11.7 Å². The molecule has 3 nitrogen and oxygen atoms in total. The average Bonchev–Trinajstić information content (AvgIpc) is 1.35. The molecule has 36 valence electrons. The van der Waals surface area contributed by atoms with Crippen LogP contribution >= 0.6 is 11.9 Å². The van der Waals surface area contributed by atoms with Gasteiger partial charge >= 0.3 is 0 Å². The van der Waals surface area contributed by atoms with E-state index in [4.69, 9.17) is 5.14 Å². The lowest BCUT2D eigenvalue weighted by Gasteiger charge is -1.81. The molecule has 0 bridgehead atoms. The number of rotatable bonds is 2. The van der Waals surface area contributed by atoms with Crippen LogP contribution in [0.2, 0.25) is 0 Å². The fourth-order valence-corrected chi connectivity index (χ4v) is 0.246. The first-order valence-electron chi connectivity index (χ1n) is 1.37. The summed E-state index contributed by atoms with van der Waals surface area (Å²) < 4.78 is 0. The lowest BCUT2D eigenvalue weighted by molar-refractivity contribution is -0.115. The van der Waals surface area contributed by atoms with Gasteiger partial charge in [-0.15, -0.1) is 0 Å². The number of primary amides is 1. The summed E-state index contributed by atoms with van der Waals surface area (Å²) in [4.78, 5) is 9.72. The highest BCUT2D eigenvalue weighted by atomic mass is 32.2. The Morgan fingerprint density at radius 3 is 2.33 bits per heavy atom. The molecule has 0 aliphatic heterocycles. The van der Waals surface area contributed by atoms with E-state index in [0.29, 0.717) is 0 Å². The summed E-state index contributed by atoms with van der Waals surface area (Å²) in [5.74, 6) is -0.164. The van der Waals surface area contributed by atoms with Crippen molar-refractivity contribution in [1.82, 2.24) is 0 Å². The second-order valence-corrected chi connectivity index (χ2v) is 1.40. The molecule has 0 rings (SSSR count). The fourth-order valence-electron chi connectivity index (χ4n) is 0.0821. The number of carbonyl (C=O) groups excluding carboxylic acids is 1. The van der Waals surface area contributed by atoms with Gasteiger partial charge < -0.3 is 5.73 Å². The molecular formula is C2H6N2OS. The largest absolute Gasteiger partial charge is 0.369 e. The summed E-state index contributed by atoms with van der Waals surface area (Å²) in [6.07, 6.45) is 0. The molecule has 0 aliphatic rings. The first-order valence-corrected chi connectivity index (χ1v) is 2.42. The second kappa shape index (κ2) is 2.99. The predicted molar refractivity (Wildman–Crippen MR) is 25.8 cm³/mol. The Labute approximate surface area is 40.2 Å². The third kappa shape index (κ3) is 3.78. The van der Waals surface area contributed by atoms with E-state index >= 15 is 0 Å². The van der Waals surface area contributed by atoms with Gasteiger partial charge in [0.05, 0.1) is 5.75 Å². The molecule has 1 amide bonds. The molecule has 4 N–H and O–H groups in total. The Hall–Kier alpha value is -0.220. The predicted octanol–water partition coefficient (Wildman–Crippen LogP) is -0.921. The fraction of sp³-hybridized carbons (Fsp3) is 0.500. The van der Waals surface area contributed by atoms with Gasteiger partial charge in [-0.05, 0) is 0 Å². The number of nitrogens with two attached hydrogens (primary N) is 2. The molecule has 4 heteroatoms. The van der Waals surface area contributed by atoms with Crippen LogP contribution in [0.5, 0.6) is 0 Å². The van der Waals surface area contributed by atoms with Gasteiger partial charge in [0, 0.05) is 0 Å². The Morgan fingerprint density at radius 1 is 1.83 bits per heavy atom. The van der Waals surface area contributed by atoms with Crippen LogP contribution in [0.3, 0.4) is 0 Å². The third-order valence-corrected chi connectivity index (χ3v) is 0.677. The van der Waals surface area contributed by atoms with Crippen LogP contribution in [0.15, 0.2) is 0 Å². The maximum atomic E-state index is 9.72. The smallest absolute Gasteiger partial charge is 0.228 e. The normalized spacial score (nSPS) is 8.17. The molecule has 0 saturated carbocycles.